The van der Waals surface area contributed by atoms with Crippen LogP contribution in [0.5, 0.6) is 5.75 Å². The molecule has 3 aromatic rings. The topological polar surface area (TPSA) is 37.0 Å². The van der Waals surface area contributed by atoms with Crippen LogP contribution in [0.4, 0.5) is 8.78 Å². The predicted octanol–water partition coefficient (Wildman–Crippen LogP) is 4.77. The maximum absolute atomic E-state index is 12.3. The van der Waals surface area contributed by atoms with E-state index in [1.165, 1.54) is 10.9 Å². The maximum Gasteiger partial charge on any atom is 0.387 e. The van der Waals surface area contributed by atoms with Gasteiger partial charge in [-0.2, -0.15) is 8.78 Å². The van der Waals surface area contributed by atoms with E-state index in [2.05, 4.69) is 43.1 Å². The van der Waals surface area contributed by atoms with Crippen molar-refractivity contribution in [2.24, 2.45) is 0 Å². The highest BCUT2D eigenvalue weighted by atomic mass is 79.9. The lowest BCUT2D eigenvalue weighted by Gasteiger charge is -2.25. The molecule has 0 spiro atoms. The van der Waals surface area contributed by atoms with E-state index in [9.17, 15) is 8.78 Å². The van der Waals surface area contributed by atoms with E-state index >= 15 is 0 Å². The minimum atomic E-state index is -2.80. The average molecular weight is 393 g/mol. The number of fused-ring (bicyclic) bond motifs is 3. The molecule has 0 bridgehead atoms. The molecule has 124 valence electrons. The van der Waals surface area contributed by atoms with Gasteiger partial charge in [-0.05, 0) is 41.8 Å². The molecule has 1 aliphatic heterocycles. The molecule has 2 aromatic carbocycles. The molecular formula is C18H15BrF2N2O. The van der Waals surface area contributed by atoms with E-state index in [1.807, 2.05) is 18.2 Å². The van der Waals surface area contributed by atoms with Crippen molar-refractivity contribution >= 4 is 26.8 Å². The van der Waals surface area contributed by atoms with Gasteiger partial charge < -0.3 is 15.0 Å². The van der Waals surface area contributed by atoms with Crippen LogP contribution < -0.4 is 10.1 Å². The number of hydrogen-bond acceptors (Lipinski definition) is 2. The number of alkyl halides is 2. The molecule has 0 fully saturated rings. The summed E-state index contributed by atoms with van der Waals surface area (Å²) in [6.45, 7) is -1.93. The third kappa shape index (κ3) is 2.80. The van der Waals surface area contributed by atoms with Gasteiger partial charge in [-0.25, -0.2) is 0 Å². The van der Waals surface area contributed by atoms with Gasteiger partial charge in [0.2, 0.25) is 0 Å². The van der Waals surface area contributed by atoms with Crippen molar-refractivity contribution in [3.8, 4) is 5.75 Å². The summed E-state index contributed by atoms with van der Waals surface area (Å²) in [7, 11) is 0. The Morgan fingerprint density at radius 1 is 1.12 bits per heavy atom. The Morgan fingerprint density at radius 2 is 1.92 bits per heavy atom. The summed E-state index contributed by atoms with van der Waals surface area (Å²) in [6.07, 6.45) is 0.958. The average Bonchev–Trinajstić information content (AvgIpc) is 2.92. The van der Waals surface area contributed by atoms with Crippen molar-refractivity contribution in [1.29, 1.82) is 0 Å². The van der Waals surface area contributed by atoms with Crippen LogP contribution >= 0.6 is 15.9 Å². The number of nitrogens with one attached hydrogen (secondary N) is 2. The predicted molar refractivity (Wildman–Crippen MR) is 92.6 cm³/mol. The number of ether oxygens (including phenoxy) is 1. The first-order valence-electron chi connectivity index (χ1n) is 7.70. The SMILES string of the molecule is FC(F)Oc1ccc(C2NCCc3c2[nH]c2cc(Br)ccc32)cc1. The molecule has 2 heterocycles. The van der Waals surface area contributed by atoms with E-state index < -0.39 is 6.61 Å². The Bertz CT molecular complexity index is 877. The van der Waals surface area contributed by atoms with Crippen LogP contribution in [0.2, 0.25) is 0 Å². The lowest BCUT2D eigenvalue weighted by atomic mass is 9.94. The first-order valence-corrected chi connectivity index (χ1v) is 8.49. The quantitative estimate of drug-likeness (QED) is 0.673. The molecule has 1 aliphatic rings. The first-order chi connectivity index (χ1) is 11.6. The van der Waals surface area contributed by atoms with Gasteiger partial charge in [0.1, 0.15) is 5.75 Å². The molecule has 0 saturated carbocycles. The molecule has 3 nitrogen and oxygen atoms in total. The summed E-state index contributed by atoms with van der Waals surface area (Å²) in [5, 5.41) is 4.73. The molecule has 6 heteroatoms. The van der Waals surface area contributed by atoms with E-state index in [1.54, 1.807) is 12.1 Å². The number of benzene rings is 2. The van der Waals surface area contributed by atoms with E-state index in [0.29, 0.717) is 0 Å². The van der Waals surface area contributed by atoms with Gasteiger partial charge in [0, 0.05) is 27.6 Å². The molecule has 0 amide bonds. The number of halogens is 3. The van der Waals surface area contributed by atoms with Gasteiger partial charge in [0.25, 0.3) is 0 Å². The molecule has 24 heavy (non-hydrogen) atoms. The van der Waals surface area contributed by atoms with Crippen LogP contribution in [-0.4, -0.2) is 18.1 Å². The highest BCUT2D eigenvalue weighted by Crippen LogP contribution is 2.35. The van der Waals surface area contributed by atoms with Gasteiger partial charge >= 0.3 is 6.61 Å². The fourth-order valence-corrected chi connectivity index (χ4v) is 3.70. The minimum absolute atomic E-state index is 0.0144. The molecule has 1 atom stereocenters. The smallest absolute Gasteiger partial charge is 0.387 e. The van der Waals surface area contributed by atoms with Crippen molar-refractivity contribution in [1.82, 2.24) is 10.3 Å². The Labute approximate surface area is 146 Å². The molecule has 4 rings (SSSR count). The van der Waals surface area contributed by atoms with Crippen molar-refractivity contribution in [3.63, 3.8) is 0 Å². The van der Waals surface area contributed by atoms with Crippen LogP contribution in [0.25, 0.3) is 10.9 Å². The third-order valence-electron chi connectivity index (χ3n) is 4.35. The second kappa shape index (κ2) is 6.18. The minimum Gasteiger partial charge on any atom is -0.435 e. The summed E-state index contributed by atoms with van der Waals surface area (Å²) in [5.74, 6) is 0.172. The fourth-order valence-electron chi connectivity index (χ4n) is 3.33. The van der Waals surface area contributed by atoms with Crippen LogP contribution in [0.3, 0.4) is 0 Å². The van der Waals surface area contributed by atoms with E-state index in [4.69, 9.17) is 0 Å². The summed E-state index contributed by atoms with van der Waals surface area (Å²) >= 11 is 3.50. The number of aromatic nitrogens is 1. The summed E-state index contributed by atoms with van der Waals surface area (Å²) in [5.41, 5.74) is 4.56. The Hall–Kier alpha value is -1.92. The number of hydrogen-bond donors (Lipinski definition) is 2. The summed E-state index contributed by atoms with van der Waals surface area (Å²) < 4.78 is 30.0. The van der Waals surface area contributed by atoms with Crippen molar-refractivity contribution in [2.75, 3.05) is 6.54 Å². The summed E-state index contributed by atoms with van der Waals surface area (Å²) in [6, 6.07) is 13.1. The second-order valence-corrected chi connectivity index (χ2v) is 6.71. The largest absolute Gasteiger partial charge is 0.435 e. The number of aromatic amines is 1. The molecule has 1 unspecified atom stereocenters. The van der Waals surface area contributed by atoms with Gasteiger partial charge in [-0.15, -0.1) is 0 Å². The Balaban J connectivity index is 1.72. The second-order valence-electron chi connectivity index (χ2n) is 5.79. The highest BCUT2D eigenvalue weighted by Gasteiger charge is 2.25. The molecular weight excluding hydrogens is 378 g/mol. The normalized spacial score (nSPS) is 17.2. The Kier molecular flexibility index (Phi) is 4.02. The third-order valence-corrected chi connectivity index (χ3v) is 4.85. The van der Waals surface area contributed by atoms with Gasteiger partial charge in [0.05, 0.1) is 6.04 Å². The maximum atomic E-state index is 12.3. The lowest BCUT2D eigenvalue weighted by molar-refractivity contribution is -0.0498. The van der Waals surface area contributed by atoms with Crippen LogP contribution in [0, 0.1) is 0 Å². The zero-order valence-corrected chi connectivity index (χ0v) is 14.2. The first kappa shape index (κ1) is 15.6. The zero-order chi connectivity index (χ0) is 16.7. The Morgan fingerprint density at radius 3 is 2.67 bits per heavy atom. The zero-order valence-electron chi connectivity index (χ0n) is 12.7. The molecule has 2 N–H and O–H groups in total. The number of H-pyrrole nitrogens is 1. The lowest BCUT2D eigenvalue weighted by Crippen LogP contribution is -2.30. The molecule has 0 saturated heterocycles. The van der Waals surface area contributed by atoms with E-state index in [0.717, 1.165) is 34.2 Å². The van der Waals surface area contributed by atoms with Crippen molar-refractivity contribution in [3.05, 3.63) is 63.8 Å². The van der Waals surface area contributed by atoms with Crippen LogP contribution in [-0.2, 0) is 6.42 Å². The van der Waals surface area contributed by atoms with Gasteiger partial charge in [0.15, 0.2) is 0 Å². The van der Waals surface area contributed by atoms with Gasteiger partial charge in [-0.1, -0.05) is 34.1 Å². The highest BCUT2D eigenvalue weighted by molar-refractivity contribution is 9.10. The fraction of sp³-hybridized carbons (Fsp3) is 0.222. The molecule has 1 aromatic heterocycles. The van der Waals surface area contributed by atoms with Crippen LogP contribution in [0.15, 0.2) is 46.9 Å². The molecule has 0 aliphatic carbocycles. The van der Waals surface area contributed by atoms with Crippen molar-refractivity contribution in [2.45, 2.75) is 19.1 Å². The standard InChI is InChI=1S/C18H15BrF2N2O/c19-11-3-6-13-14-7-8-22-16(17(14)23-15(13)9-11)10-1-4-12(5-2-10)24-18(20)21/h1-6,9,16,18,22-23H,7-8H2. The monoisotopic (exact) mass is 392 g/mol. The van der Waals surface area contributed by atoms with Crippen molar-refractivity contribution < 1.29 is 13.5 Å². The summed E-state index contributed by atoms with van der Waals surface area (Å²) in [4.78, 5) is 3.51. The van der Waals surface area contributed by atoms with Crippen LogP contribution in [0.1, 0.15) is 22.9 Å². The number of rotatable bonds is 3. The van der Waals surface area contributed by atoms with E-state index in [-0.39, 0.29) is 11.8 Å². The van der Waals surface area contributed by atoms with Gasteiger partial charge in [-0.3, -0.25) is 0 Å². The molecule has 0 radical (unpaired) electrons.